The van der Waals surface area contributed by atoms with Gasteiger partial charge in [-0.25, -0.2) is 0 Å². The molecule has 1 aliphatic heterocycles. The molecule has 1 heterocycles. The van der Waals surface area contributed by atoms with Crippen molar-refractivity contribution in [2.45, 2.75) is 25.3 Å². The number of nitrogens with zero attached hydrogens (tertiary/aromatic N) is 1. The van der Waals surface area contributed by atoms with Crippen LogP contribution in [0.15, 0.2) is 18.2 Å². The van der Waals surface area contributed by atoms with Crippen molar-refractivity contribution in [2.24, 2.45) is 5.92 Å². The fourth-order valence-electron chi connectivity index (χ4n) is 2.91. The summed E-state index contributed by atoms with van der Waals surface area (Å²) >= 11 is 12.6. The van der Waals surface area contributed by atoms with E-state index in [0.29, 0.717) is 6.04 Å². The zero-order valence-electron chi connectivity index (χ0n) is 11.9. The lowest BCUT2D eigenvalue weighted by molar-refractivity contribution is 0.160. The summed E-state index contributed by atoms with van der Waals surface area (Å²) < 4.78 is 0. The van der Waals surface area contributed by atoms with E-state index in [1.165, 1.54) is 24.8 Å². The molecular formula is C15H22Cl4N2. The maximum absolute atomic E-state index is 6.41. The third-order valence-electron chi connectivity index (χ3n) is 4.16. The van der Waals surface area contributed by atoms with Gasteiger partial charge in [0, 0.05) is 42.3 Å². The van der Waals surface area contributed by atoms with Gasteiger partial charge in [-0.15, -0.1) is 24.8 Å². The van der Waals surface area contributed by atoms with Crippen molar-refractivity contribution in [1.82, 2.24) is 10.2 Å². The van der Waals surface area contributed by atoms with Crippen LogP contribution in [0.5, 0.6) is 0 Å². The smallest absolute Gasteiger partial charge is 0.0454 e. The van der Waals surface area contributed by atoms with E-state index in [2.05, 4.69) is 16.3 Å². The van der Waals surface area contributed by atoms with E-state index in [1.807, 2.05) is 12.1 Å². The average Bonchev–Trinajstić information content (AvgIpc) is 3.24. The van der Waals surface area contributed by atoms with Crippen LogP contribution in [-0.2, 0) is 0 Å². The molecule has 0 unspecified atom stereocenters. The molecule has 1 aromatic rings. The molecule has 1 saturated heterocycles. The topological polar surface area (TPSA) is 15.3 Å². The number of nitrogens with one attached hydrogen (secondary N) is 1. The van der Waals surface area contributed by atoms with Crippen molar-refractivity contribution in [3.05, 3.63) is 33.8 Å². The van der Waals surface area contributed by atoms with Gasteiger partial charge in [-0.05, 0) is 36.1 Å². The molecule has 1 saturated carbocycles. The molecule has 0 aromatic heterocycles. The van der Waals surface area contributed by atoms with Gasteiger partial charge in [-0.2, -0.15) is 0 Å². The number of rotatable bonds is 4. The molecule has 1 N–H and O–H groups in total. The van der Waals surface area contributed by atoms with Gasteiger partial charge < -0.3 is 5.32 Å². The van der Waals surface area contributed by atoms with Crippen LogP contribution in [0.1, 0.15) is 30.9 Å². The van der Waals surface area contributed by atoms with Gasteiger partial charge in [0.2, 0.25) is 0 Å². The Morgan fingerprint density at radius 3 is 2.43 bits per heavy atom. The number of hydrogen-bond donors (Lipinski definition) is 1. The minimum atomic E-state index is 0. The van der Waals surface area contributed by atoms with Crippen LogP contribution in [-0.4, -0.2) is 31.1 Å². The van der Waals surface area contributed by atoms with Gasteiger partial charge in [-0.3, -0.25) is 4.90 Å². The standard InChI is InChI=1S/C15H20Cl2N2.2ClH/c16-12-3-4-14(17)13(10-12)15(9-11-1-2-11)19-7-5-18-6-8-19;;/h3-4,10-11,15,18H,1-2,5-9H2;2*1H/t15-;;/m1../s1. The highest BCUT2D eigenvalue weighted by molar-refractivity contribution is 6.33. The summed E-state index contributed by atoms with van der Waals surface area (Å²) in [5.41, 5.74) is 1.21. The van der Waals surface area contributed by atoms with E-state index in [1.54, 1.807) is 0 Å². The monoisotopic (exact) mass is 370 g/mol. The fraction of sp³-hybridized carbons (Fsp3) is 0.600. The van der Waals surface area contributed by atoms with Crippen LogP contribution in [0.2, 0.25) is 10.0 Å². The molecular weight excluding hydrogens is 350 g/mol. The third-order valence-corrected chi connectivity index (χ3v) is 4.74. The molecule has 3 rings (SSSR count). The lowest BCUT2D eigenvalue weighted by Crippen LogP contribution is -2.45. The summed E-state index contributed by atoms with van der Waals surface area (Å²) in [6.45, 7) is 4.33. The second kappa shape index (κ2) is 8.81. The summed E-state index contributed by atoms with van der Waals surface area (Å²) in [7, 11) is 0. The van der Waals surface area contributed by atoms with Crippen molar-refractivity contribution in [2.75, 3.05) is 26.2 Å². The molecule has 1 atom stereocenters. The number of piperazine rings is 1. The van der Waals surface area contributed by atoms with Crippen LogP contribution in [0.3, 0.4) is 0 Å². The van der Waals surface area contributed by atoms with Crippen molar-refractivity contribution in [3.63, 3.8) is 0 Å². The first-order chi connectivity index (χ1) is 9.24. The molecule has 0 spiro atoms. The van der Waals surface area contributed by atoms with Crippen LogP contribution in [0.25, 0.3) is 0 Å². The van der Waals surface area contributed by atoms with E-state index in [4.69, 9.17) is 23.2 Å². The molecule has 1 aromatic carbocycles. The minimum Gasteiger partial charge on any atom is -0.314 e. The van der Waals surface area contributed by atoms with Crippen molar-refractivity contribution < 1.29 is 0 Å². The molecule has 21 heavy (non-hydrogen) atoms. The van der Waals surface area contributed by atoms with Gasteiger partial charge in [0.1, 0.15) is 0 Å². The summed E-state index contributed by atoms with van der Waals surface area (Å²) in [5.74, 6) is 0.884. The van der Waals surface area contributed by atoms with Crippen LogP contribution < -0.4 is 5.32 Å². The van der Waals surface area contributed by atoms with E-state index < -0.39 is 0 Å². The van der Waals surface area contributed by atoms with Crippen LogP contribution >= 0.6 is 48.0 Å². The minimum absolute atomic E-state index is 0. The zero-order chi connectivity index (χ0) is 13.2. The molecule has 1 aliphatic carbocycles. The molecule has 2 nitrogen and oxygen atoms in total. The van der Waals surface area contributed by atoms with Crippen molar-refractivity contribution in [1.29, 1.82) is 0 Å². The summed E-state index contributed by atoms with van der Waals surface area (Å²) in [4.78, 5) is 2.56. The first-order valence-electron chi connectivity index (χ1n) is 7.14. The Balaban J connectivity index is 0.00000110. The highest BCUT2D eigenvalue weighted by atomic mass is 35.5. The summed E-state index contributed by atoms with van der Waals surface area (Å²) in [6.07, 6.45) is 3.97. The average molecular weight is 372 g/mol. The van der Waals surface area contributed by atoms with Crippen molar-refractivity contribution >= 4 is 48.0 Å². The van der Waals surface area contributed by atoms with E-state index in [9.17, 15) is 0 Å². The quantitative estimate of drug-likeness (QED) is 0.832. The van der Waals surface area contributed by atoms with E-state index >= 15 is 0 Å². The Morgan fingerprint density at radius 2 is 1.81 bits per heavy atom. The van der Waals surface area contributed by atoms with Gasteiger partial charge in [0.15, 0.2) is 0 Å². The Labute approximate surface area is 149 Å². The first-order valence-corrected chi connectivity index (χ1v) is 7.89. The van der Waals surface area contributed by atoms with E-state index in [0.717, 1.165) is 42.1 Å². The maximum Gasteiger partial charge on any atom is 0.0454 e. The summed E-state index contributed by atoms with van der Waals surface area (Å²) in [6, 6.07) is 6.29. The third kappa shape index (κ3) is 5.16. The highest BCUT2D eigenvalue weighted by Crippen LogP contribution is 2.42. The van der Waals surface area contributed by atoms with Crippen LogP contribution in [0.4, 0.5) is 0 Å². The number of benzene rings is 1. The molecule has 120 valence electrons. The second-order valence-electron chi connectivity index (χ2n) is 5.65. The predicted molar refractivity (Wildman–Crippen MR) is 95.5 cm³/mol. The van der Waals surface area contributed by atoms with Gasteiger partial charge in [0.25, 0.3) is 0 Å². The molecule has 0 bridgehead atoms. The highest BCUT2D eigenvalue weighted by Gasteiger charge is 2.31. The molecule has 2 fully saturated rings. The lowest BCUT2D eigenvalue weighted by Gasteiger charge is -2.36. The lowest BCUT2D eigenvalue weighted by atomic mass is 9.98. The Bertz CT molecular complexity index is 445. The summed E-state index contributed by atoms with van der Waals surface area (Å²) in [5, 5.41) is 5.06. The van der Waals surface area contributed by atoms with Gasteiger partial charge in [0.05, 0.1) is 0 Å². The Hall–Kier alpha value is 0.300. The molecule has 0 radical (unpaired) electrons. The van der Waals surface area contributed by atoms with Crippen LogP contribution in [0, 0.1) is 5.92 Å². The van der Waals surface area contributed by atoms with Crippen molar-refractivity contribution in [3.8, 4) is 0 Å². The molecule has 2 aliphatic rings. The second-order valence-corrected chi connectivity index (χ2v) is 6.49. The van der Waals surface area contributed by atoms with Gasteiger partial charge in [-0.1, -0.05) is 36.0 Å². The number of halogens is 4. The molecule has 6 heteroatoms. The number of hydrogen-bond acceptors (Lipinski definition) is 2. The van der Waals surface area contributed by atoms with Gasteiger partial charge >= 0.3 is 0 Å². The Morgan fingerprint density at radius 1 is 1.14 bits per heavy atom. The maximum atomic E-state index is 6.41. The molecule has 0 amide bonds. The van der Waals surface area contributed by atoms with E-state index in [-0.39, 0.29) is 24.8 Å². The first kappa shape index (κ1) is 19.3. The normalized spacial score (nSPS) is 20.3. The SMILES string of the molecule is Cl.Cl.Clc1ccc(Cl)c([C@@H](CC2CC2)N2CCNCC2)c1. The largest absolute Gasteiger partial charge is 0.314 e. The zero-order valence-corrected chi connectivity index (χ0v) is 15.0. The fourth-order valence-corrected chi connectivity index (χ4v) is 3.33. The Kier molecular flexibility index (Phi) is 8.11. The predicted octanol–water partition coefficient (Wildman–Crippen LogP) is 4.58.